The van der Waals surface area contributed by atoms with Crippen molar-refractivity contribution in [3.05, 3.63) is 35.4 Å². The fourth-order valence-corrected chi connectivity index (χ4v) is 1.88. The molecular formula is C15H20F2O. The first kappa shape index (κ1) is 14.8. The van der Waals surface area contributed by atoms with Crippen molar-refractivity contribution in [2.75, 3.05) is 0 Å². The topological polar surface area (TPSA) is 17.1 Å². The van der Waals surface area contributed by atoms with E-state index in [1.165, 1.54) is 25.3 Å². The van der Waals surface area contributed by atoms with Gasteiger partial charge in [-0.3, -0.25) is 4.79 Å². The van der Waals surface area contributed by atoms with Crippen LogP contribution in [0.2, 0.25) is 0 Å². The molecule has 3 heteroatoms. The quantitative estimate of drug-likeness (QED) is 0.476. The number of hydrogen-bond donors (Lipinski definition) is 0. The molecule has 100 valence electrons. The second kappa shape index (κ2) is 7.96. The van der Waals surface area contributed by atoms with Crippen LogP contribution in [0.1, 0.15) is 62.2 Å². The Hall–Kier alpha value is -1.25. The van der Waals surface area contributed by atoms with E-state index >= 15 is 0 Å². The van der Waals surface area contributed by atoms with E-state index in [2.05, 4.69) is 6.92 Å². The Balaban J connectivity index is 2.30. The maximum atomic E-state index is 12.9. The van der Waals surface area contributed by atoms with Crippen molar-refractivity contribution < 1.29 is 13.6 Å². The van der Waals surface area contributed by atoms with Crippen LogP contribution in [0.5, 0.6) is 0 Å². The third kappa shape index (κ3) is 4.94. The summed E-state index contributed by atoms with van der Waals surface area (Å²) in [4.78, 5) is 11.7. The van der Waals surface area contributed by atoms with E-state index in [0.717, 1.165) is 31.4 Å². The normalized spacial score (nSPS) is 10.6. The van der Waals surface area contributed by atoms with Gasteiger partial charge in [0.15, 0.2) is 17.4 Å². The van der Waals surface area contributed by atoms with Crippen molar-refractivity contribution in [1.82, 2.24) is 0 Å². The lowest BCUT2D eigenvalue weighted by Crippen LogP contribution is -2.00. The van der Waals surface area contributed by atoms with Crippen LogP contribution in [0, 0.1) is 11.6 Å². The lowest BCUT2D eigenvalue weighted by molar-refractivity contribution is 0.0978. The zero-order valence-electron chi connectivity index (χ0n) is 10.8. The molecule has 0 bridgehead atoms. The highest BCUT2D eigenvalue weighted by Crippen LogP contribution is 2.13. The summed E-state index contributed by atoms with van der Waals surface area (Å²) in [6, 6.07) is 3.33. The Labute approximate surface area is 107 Å². The number of unbranched alkanes of at least 4 members (excludes halogenated alkanes) is 5. The van der Waals surface area contributed by atoms with Crippen molar-refractivity contribution in [3.8, 4) is 0 Å². The van der Waals surface area contributed by atoms with E-state index < -0.39 is 11.6 Å². The number of rotatable bonds is 8. The van der Waals surface area contributed by atoms with Gasteiger partial charge in [0.1, 0.15) is 0 Å². The fourth-order valence-electron chi connectivity index (χ4n) is 1.88. The SMILES string of the molecule is CCCCCCCCC(=O)c1ccc(F)c(F)c1. The molecule has 0 unspecified atom stereocenters. The molecule has 0 aliphatic carbocycles. The summed E-state index contributed by atoms with van der Waals surface area (Å²) in [5, 5.41) is 0. The first-order valence-corrected chi connectivity index (χ1v) is 6.63. The molecule has 1 aromatic carbocycles. The molecule has 1 aromatic rings. The highest BCUT2D eigenvalue weighted by molar-refractivity contribution is 5.95. The molecule has 1 rings (SSSR count). The molecule has 1 nitrogen and oxygen atoms in total. The van der Waals surface area contributed by atoms with Crippen LogP contribution >= 0.6 is 0 Å². The molecule has 0 aliphatic rings. The van der Waals surface area contributed by atoms with Crippen LogP contribution in [0.4, 0.5) is 8.78 Å². The summed E-state index contributed by atoms with van der Waals surface area (Å²) < 4.78 is 25.6. The van der Waals surface area contributed by atoms with Gasteiger partial charge in [-0.05, 0) is 24.6 Å². The van der Waals surface area contributed by atoms with Gasteiger partial charge in [-0.2, -0.15) is 0 Å². The van der Waals surface area contributed by atoms with Crippen LogP contribution < -0.4 is 0 Å². The van der Waals surface area contributed by atoms with Crippen LogP contribution in [-0.4, -0.2) is 5.78 Å². The Morgan fingerprint density at radius 1 is 1.00 bits per heavy atom. The average molecular weight is 254 g/mol. The highest BCUT2D eigenvalue weighted by Gasteiger charge is 2.09. The summed E-state index contributed by atoms with van der Waals surface area (Å²) in [5.74, 6) is -1.97. The van der Waals surface area contributed by atoms with E-state index in [1.54, 1.807) is 0 Å². The molecule has 0 amide bonds. The third-order valence-electron chi connectivity index (χ3n) is 3.00. The van der Waals surface area contributed by atoms with Gasteiger partial charge in [0.25, 0.3) is 0 Å². The fraction of sp³-hybridized carbons (Fsp3) is 0.533. The number of Topliss-reactive ketones (excluding diaryl/α,β-unsaturated/α-hetero) is 1. The Bertz CT molecular complexity index is 388. The summed E-state index contributed by atoms with van der Waals surface area (Å²) in [6.07, 6.45) is 7.04. The van der Waals surface area contributed by atoms with E-state index in [0.29, 0.717) is 6.42 Å². The minimum absolute atomic E-state index is 0.107. The summed E-state index contributed by atoms with van der Waals surface area (Å²) in [7, 11) is 0. The maximum Gasteiger partial charge on any atom is 0.162 e. The predicted octanol–water partition coefficient (Wildman–Crippen LogP) is 4.90. The third-order valence-corrected chi connectivity index (χ3v) is 3.00. The summed E-state index contributed by atoms with van der Waals surface area (Å²) in [5.41, 5.74) is 0.266. The summed E-state index contributed by atoms with van der Waals surface area (Å²) in [6.45, 7) is 2.16. The van der Waals surface area contributed by atoms with Gasteiger partial charge in [-0.1, -0.05) is 39.0 Å². The highest BCUT2D eigenvalue weighted by atomic mass is 19.2. The van der Waals surface area contributed by atoms with Crippen molar-refractivity contribution in [1.29, 1.82) is 0 Å². The maximum absolute atomic E-state index is 12.9. The molecule has 0 aromatic heterocycles. The zero-order chi connectivity index (χ0) is 13.4. The number of benzene rings is 1. The van der Waals surface area contributed by atoms with Gasteiger partial charge in [-0.25, -0.2) is 8.78 Å². The van der Waals surface area contributed by atoms with Gasteiger partial charge >= 0.3 is 0 Å². The number of carbonyl (C=O) groups excluding carboxylic acids is 1. The van der Waals surface area contributed by atoms with Gasteiger partial charge in [0.05, 0.1) is 0 Å². The molecule has 0 saturated heterocycles. The number of hydrogen-bond acceptors (Lipinski definition) is 1. The minimum Gasteiger partial charge on any atom is -0.294 e. The van der Waals surface area contributed by atoms with Gasteiger partial charge < -0.3 is 0 Å². The van der Waals surface area contributed by atoms with Crippen molar-refractivity contribution in [2.24, 2.45) is 0 Å². The predicted molar refractivity (Wildman–Crippen MR) is 68.7 cm³/mol. The van der Waals surface area contributed by atoms with Gasteiger partial charge in [-0.15, -0.1) is 0 Å². The summed E-state index contributed by atoms with van der Waals surface area (Å²) >= 11 is 0. The lowest BCUT2D eigenvalue weighted by atomic mass is 10.0. The molecule has 0 N–H and O–H groups in total. The van der Waals surface area contributed by atoms with E-state index in [9.17, 15) is 13.6 Å². The standard InChI is InChI=1S/C15H20F2O/c1-2-3-4-5-6-7-8-15(18)12-9-10-13(16)14(17)11-12/h9-11H,2-8H2,1H3. The molecule has 0 atom stereocenters. The lowest BCUT2D eigenvalue weighted by Gasteiger charge is -2.02. The monoisotopic (exact) mass is 254 g/mol. The molecule has 0 radical (unpaired) electrons. The van der Waals surface area contributed by atoms with Crippen LogP contribution in [0.25, 0.3) is 0 Å². The second-order valence-corrected chi connectivity index (χ2v) is 4.57. The van der Waals surface area contributed by atoms with Gasteiger partial charge in [0, 0.05) is 12.0 Å². The molecular weight excluding hydrogens is 234 g/mol. The first-order chi connectivity index (χ1) is 8.65. The van der Waals surface area contributed by atoms with E-state index in [-0.39, 0.29) is 11.3 Å². The van der Waals surface area contributed by atoms with Crippen LogP contribution in [0.3, 0.4) is 0 Å². The molecule has 0 spiro atoms. The van der Waals surface area contributed by atoms with Crippen molar-refractivity contribution >= 4 is 5.78 Å². The first-order valence-electron chi connectivity index (χ1n) is 6.63. The second-order valence-electron chi connectivity index (χ2n) is 4.57. The van der Waals surface area contributed by atoms with Crippen LogP contribution in [0.15, 0.2) is 18.2 Å². The number of ketones is 1. The molecule has 0 fully saturated rings. The smallest absolute Gasteiger partial charge is 0.162 e. The Morgan fingerprint density at radius 3 is 2.33 bits per heavy atom. The van der Waals surface area contributed by atoms with E-state index in [1.807, 2.05) is 0 Å². The average Bonchev–Trinajstić information content (AvgIpc) is 2.36. The Morgan fingerprint density at radius 2 is 1.67 bits per heavy atom. The molecule has 0 heterocycles. The van der Waals surface area contributed by atoms with Crippen molar-refractivity contribution in [2.45, 2.75) is 51.9 Å². The van der Waals surface area contributed by atoms with Crippen molar-refractivity contribution in [3.63, 3.8) is 0 Å². The number of halogens is 2. The van der Waals surface area contributed by atoms with E-state index in [4.69, 9.17) is 0 Å². The minimum atomic E-state index is -0.955. The Kier molecular flexibility index (Phi) is 6.55. The number of carbonyl (C=O) groups is 1. The van der Waals surface area contributed by atoms with Crippen LogP contribution in [-0.2, 0) is 0 Å². The largest absolute Gasteiger partial charge is 0.294 e. The molecule has 0 aliphatic heterocycles. The zero-order valence-corrected chi connectivity index (χ0v) is 10.8. The molecule has 18 heavy (non-hydrogen) atoms. The van der Waals surface area contributed by atoms with Gasteiger partial charge in [0.2, 0.25) is 0 Å². The molecule has 0 saturated carbocycles.